The van der Waals surface area contributed by atoms with Gasteiger partial charge in [-0.25, -0.2) is 4.39 Å². The maximum Gasteiger partial charge on any atom is 0.262 e. The van der Waals surface area contributed by atoms with Gasteiger partial charge in [0, 0.05) is 18.2 Å². The summed E-state index contributed by atoms with van der Waals surface area (Å²) in [5.41, 5.74) is 0.907. The lowest BCUT2D eigenvalue weighted by Crippen LogP contribution is -2.50. The standard InChI is InChI=1S/C21H21FN2O3/c1-2-13-23-21(26)19-14-24(17-9-5-6-10-18(17)27-19)20(25)12-11-15-7-3-4-8-16(15)22/h3-12,19H,2,13-14H2,1H3,(H,23,26)/b12-11+/t19-/m1/s1. The van der Waals surface area contributed by atoms with E-state index in [9.17, 15) is 14.0 Å². The molecule has 27 heavy (non-hydrogen) atoms. The normalized spacial score (nSPS) is 15.9. The summed E-state index contributed by atoms with van der Waals surface area (Å²) in [5, 5.41) is 2.79. The molecule has 1 atom stereocenters. The molecule has 2 aromatic rings. The van der Waals surface area contributed by atoms with Crippen LogP contribution in [0.15, 0.2) is 54.6 Å². The Morgan fingerprint density at radius 3 is 2.74 bits per heavy atom. The summed E-state index contributed by atoms with van der Waals surface area (Å²) in [6, 6.07) is 13.3. The highest BCUT2D eigenvalue weighted by Crippen LogP contribution is 2.33. The van der Waals surface area contributed by atoms with E-state index in [-0.39, 0.29) is 18.4 Å². The van der Waals surface area contributed by atoms with Gasteiger partial charge in [-0.3, -0.25) is 9.59 Å². The van der Waals surface area contributed by atoms with Crippen molar-refractivity contribution in [1.29, 1.82) is 0 Å². The smallest absolute Gasteiger partial charge is 0.262 e. The van der Waals surface area contributed by atoms with Gasteiger partial charge in [-0.1, -0.05) is 37.3 Å². The van der Waals surface area contributed by atoms with Gasteiger partial charge >= 0.3 is 0 Å². The van der Waals surface area contributed by atoms with Crippen molar-refractivity contribution in [3.63, 3.8) is 0 Å². The number of nitrogens with one attached hydrogen (secondary N) is 1. The van der Waals surface area contributed by atoms with Crippen molar-refractivity contribution >= 4 is 23.6 Å². The van der Waals surface area contributed by atoms with Gasteiger partial charge in [0.15, 0.2) is 6.10 Å². The van der Waals surface area contributed by atoms with E-state index in [0.717, 1.165) is 6.42 Å². The van der Waals surface area contributed by atoms with Crippen molar-refractivity contribution < 1.29 is 18.7 Å². The highest BCUT2D eigenvalue weighted by atomic mass is 19.1. The number of carbonyl (C=O) groups is 2. The molecule has 1 aliphatic rings. The molecule has 1 aliphatic heterocycles. The number of anilines is 1. The zero-order valence-electron chi connectivity index (χ0n) is 15.0. The van der Waals surface area contributed by atoms with Crippen molar-refractivity contribution in [3.05, 3.63) is 66.0 Å². The average molecular weight is 368 g/mol. The van der Waals surface area contributed by atoms with Crippen molar-refractivity contribution in [2.45, 2.75) is 19.4 Å². The summed E-state index contributed by atoms with van der Waals surface area (Å²) >= 11 is 0. The molecule has 5 nitrogen and oxygen atoms in total. The van der Waals surface area contributed by atoms with Crippen molar-refractivity contribution in [2.75, 3.05) is 18.0 Å². The molecule has 3 rings (SSSR count). The maximum absolute atomic E-state index is 13.8. The van der Waals surface area contributed by atoms with Crippen LogP contribution in [0.5, 0.6) is 5.75 Å². The minimum absolute atomic E-state index is 0.0903. The monoisotopic (exact) mass is 368 g/mol. The fraction of sp³-hybridized carbons (Fsp3) is 0.238. The first-order valence-corrected chi connectivity index (χ1v) is 8.87. The van der Waals surface area contributed by atoms with Crippen LogP contribution in [0.25, 0.3) is 6.08 Å². The topological polar surface area (TPSA) is 58.6 Å². The second-order valence-electron chi connectivity index (χ2n) is 6.17. The Bertz CT molecular complexity index is 866. The van der Waals surface area contributed by atoms with Crippen molar-refractivity contribution in [1.82, 2.24) is 5.32 Å². The largest absolute Gasteiger partial charge is 0.477 e. The van der Waals surface area contributed by atoms with E-state index >= 15 is 0 Å². The van der Waals surface area contributed by atoms with Crippen LogP contribution in [-0.2, 0) is 9.59 Å². The summed E-state index contributed by atoms with van der Waals surface area (Å²) in [4.78, 5) is 26.6. The predicted molar refractivity (Wildman–Crippen MR) is 102 cm³/mol. The lowest BCUT2D eigenvalue weighted by atomic mass is 10.1. The molecule has 0 fully saturated rings. The molecule has 140 valence electrons. The van der Waals surface area contributed by atoms with Gasteiger partial charge in [0.2, 0.25) is 0 Å². The van der Waals surface area contributed by atoms with Gasteiger partial charge in [0.1, 0.15) is 11.6 Å². The third kappa shape index (κ3) is 4.34. The third-order valence-corrected chi connectivity index (χ3v) is 4.19. The van der Waals surface area contributed by atoms with Crippen LogP contribution >= 0.6 is 0 Å². The number of amides is 2. The van der Waals surface area contributed by atoms with Gasteiger partial charge in [-0.15, -0.1) is 0 Å². The number of hydrogen-bond donors (Lipinski definition) is 1. The number of benzene rings is 2. The van der Waals surface area contributed by atoms with E-state index in [1.165, 1.54) is 23.1 Å². The minimum atomic E-state index is -0.794. The van der Waals surface area contributed by atoms with Gasteiger partial charge < -0.3 is 15.0 Å². The Kier molecular flexibility index (Phi) is 5.86. The molecule has 1 N–H and O–H groups in total. The zero-order chi connectivity index (χ0) is 19.2. The Morgan fingerprint density at radius 1 is 1.22 bits per heavy atom. The molecular weight excluding hydrogens is 347 g/mol. The van der Waals surface area contributed by atoms with Crippen molar-refractivity contribution in [2.24, 2.45) is 0 Å². The van der Waals surface area contributed by atoms with Crippen LogP contribution in [-0.4, -0.2) is 31.0 Å². The molecule has 0 saturated heterocycles. The second-order valence-corrected chi connectivity index (χ2v) is 6.17. The highest BCUT2D eigenvalue weighted by Gasteiger charge is 2.32. The molecule has 2 amide bonds. The van der Waals surface area contributed by atoms with Crippen molar-refractivity contribution in [3.8, 4) is 5.75 Å². The number of carbonyl (C=O) groups excluding carboxylic acids is 2. The lowest BCUT2D eigenvalue weighted by Gasteiger charge is -2.33. The first-order chi connectivity index (χ1) is 13.1. The fourth-order valence-electron chi connectivity index (χ4n) is 2.80. The van der Waals surface area contributed by atoms with E-state index in [1.807, 2.05) is 6.92 Å². The molecule has 0 aliphatic carbocycles. The summed E-state index contributed by atoms with van der Waals surface area (Å²) in [7, 11) is 0. The average Bonchev–Trinajstić information content (AvgIpc) is 2.70. The van der Waals surface area contributed by atoms with E-state index in [2.05, 4.69) is 5.32 Å². The first-order valence-electron chi connectivity index (χ1n) is 8.87. The second kappa shape index (κ2) is 8.49. The van der Waals surface area contributed by atoms with Crippen LogP contribution in [0.1, 0.15) is 18.9 Å². The number of ether oxygens (including phenoxy) is 1. The highest BCUT2D eigenvalue weighted by molar-refractivity contribution is 6.05. The zero-order valence-corrected chi connectivity index (χ0v) is 15.0. The minimum Gasteiger partial charge on any atom is -0.477 e. The summed E-state index contributed by atoms with van der Waals surface area (Å²) in [5.74, 6) is -0.543. The summed E-state index contributed by atoms with van der Waals surface area (Å²) in [6.45, 7) is 2.59. The molecule has 0 unspecified atom stereocenters. The van der Waals surface area contributed by atoms with Gasteiger partial charge in [-0.2, -0.15) is 0 Å². The summed E-state index contributed by atoms with van der Waals surface area (Å²) in [6.07, 6.45) is 2.75. The van der Waals surface area contributed by atoms with Crippen LogP contribution in [0.2, 0.25) is 0 Å². The number of nitrogens with zero attached hydrogens (tertiary/aromatic N) is 1. The van der Waals surface area contributed by atoms with Gasteiger partial charge in [-0.05, 0) is 30.7 Å². The molecule has 0 spiro atoms. The quantitative estimate of drug-likeness (QED) is 0.825. The lowest BCUT2D eigenvalue weighted by molar-refractivity contribution is -0.128. The van der Waals surface area contributed by atoms with Gasteiger partial charge in [0.05, 0.1) is 12.2 Å². The number of para-hydroxylation sites is 2. The fourth-order valence-corrected chi connectivity index (χ4v) is 2.80. The SMILES string of the molecule is CCCNC(=O)[C@H]1CN(C(=O)/C=C/c2ccccc2F)c2ccccc2O1. The molecule has 1 heterocycles. The van der Waals surface area contributed by atoms with Crippen LogP contribution < -0.4 is 15.0 Å². The predicted octanol–water partition coefficient (Wildman–Crippen LogP) is 3.16. The summed E-state index contributed by atoms with van der Waals surface area (Å²) < 4.78 is 19.5. The number of fused-ring (bicyclic) bond motifs is 1. The molecular formula is C21H21FN2O3. The van der Waals surface area contributed by atoms with Crippen LogP contribution in [0.4, 0.5) is 10.1 Å². The van der Waals surface area contributed by atoms with Gasteiger partial charge in [0.25, 0.3) is 11.8 Å². The van der Waals surface area contributed by atoms with Crippen LogP contribution in [0, 0.1) is 5.82 Å². The third-order valence-electron chi connectivity index (χ3n) is 4.19. The molecule has 0 saturated carbocycles. The first kappa shape index (κ1) is 18.6. The molecule has 6 heteroatoms. The van der Waals surface area contributed by atoms with E-state index in [1.54, 1.807) is 42.5 Å². The molecule has 2 aromatic carbocycles. The van der Waals surface area contributed by atoms with E-state index < -0.39 is 11.9 Å². The Morgan fingerprint density at radius 2 is 1.96 bits per heavy atom. The van der Waals surface area contributed by atoms with Crippen LogP contribution in [0.3, 0.4) is 0 Å². The number of hydrogen-bond acceptors (Lipinski definition) is 3. The molecule has 0 aromatic heterocycles. The molecule has 0 radical (unpaired) electrons. The Balaban J connectivity index is 1.83. The number of rotatable bonds is 5. The Labute approximate surface area is 157 Å². The van der Waals surface area contributed by atoms with E-state index in [0.29, 0.717) is 23.5 Å². The number of halogens is 1. The maximum atomic E-state index is 13.8. The van der Waals surface area contributed by atoms with E-state index in [4.69, 9.17) is 4.74 Å². The molecule has 0 bridgehead atoms. The Hall–Kier alpha value is -3.15.